The zero-order valence-electron chi connectivity index (χ0n) is 20.2. The van der Waals surface area contributed by atoms with Gasteiger partial charge in [-0.15, -0.1) is 22.4 Å². The van der Waals surface area contributed by atoms with E-state index < -0.39 is 0 Å². The van der Waals surface area contributed by atoms with Gasteiger partial charge in [0.15, 0.2) is 0 Å². The highest BCUT2D eigenvalue weighted by molar-refractivity contribution is 14.1. The molecule has 0 bridgehead atoms. The van der Waals surface area contributed by atoms with Gasteiger partial charge in [0.05, 0.1) is 13.2 Å². The predicted molar refractivity (Wildman–Crippen MR) is 151 cm³/mol. The molecule has 2 N–H and O–H groups in total. The first-order chi connectivity index (χ1) is 17.3. The molecular formula is C24H29BIN2O7P. The minimum atomic E-state index is -0.290. The van der Waals surface area contributed by atoms with Crippen LogP contribution < -0.4 is 10.6 Å². The van der Waals surface area contributed by atoms with Crippen LogP contribution in [0, 0.1) is 0 Å². The number of ether oxygens (including phenoxy) is 4. The van der Waals surface area contributed by atoms with Crippen LogP contribution in [0.15, 0.2) is 36.4 Å². The Bertz CT molecular complexity index is 1100. The molecule has 0 spiro atoms. The van der Waals surface area contributed by atoms with Gasteiger partial charge in [-0.25, -0.2) is 0 Å². The maximum atomic E-state index is 12.3. The molecule has 2 atom stereocenters. The van der Waals surface area contributed by atoms with Gasteiger partial charge in [0.2, 0.25) is 11.8 Å². The summed E-state index contributed by atoms with van der Waals surface area (Å²) in [7, 11) is 5.60. The normalized spacial score (nSPS) is 13.5. The lowest BCUT2D eigenvalue weighted by Gasteiger charge is -2.16. The van der Waals surface area contributed by atoms with E-state index in [-0.39, 0.29) is 54.1 Å². The Morgan fingerprint density at radius 2 is 1.50 bits per heavy atom. The summed E-state index contributed by atoms with van der Waals surface area (Å²) < 4.78 is 20.8. The summed E-state index contributed by atoms with van der Waals surface area (Å²) in [6, 6.07) is 11.3. The monoisotopic (exact) mass is 626 g/mol. The van der Waals surface area contributed by atoms with Crippen molar-refractivity contribution in [2.75, 3.05) is 57.9 Å². The average Bonchev–Trinajstić information content (AvgIpc) is 3.12. The van der Waals surface area contributed by atoms with Crippen LogP contribution in [0.1, 0.15) is 17.0 Å². The molecule has 0 radical (unpaired) electrons. The van der Waals surface area contributed by atoms with Crippen molar-refractivity contribution < 1.29 is 33.3 Å². The lowest BCUT2D eigenvalue weighted by Crippen LogP contribution is -2.20. The van der Waals surface area contributed by atoms with Crippen LogP contribution in [-0.2, 0) is 33.3 Å². The molecular weight excluding hydrogens is 597 g/mol. The molecule has 192 valence electrons. The SMILES string of the molecule is COCCOCC(=O)Nc1ccc2c(c1)C(COC(=O)CB(P)I)c1cc(NC(=O)COC)ccc1-2. The third-order valence-corrected chi connectivity index (χ3v) is 6.10. The minimum absolute atomic E-state index is 0.0525. The predicted octanol–water partition coefficient (Wildman–Crippen LogP) is 3.33. The van der Waals surface area contributed by atoms with Crippen LogP contribution in [0.3, 0.4) is 0 Å². The number of hydrogen-bond donors (Lipinski definition) is 2. The fraction of sp³-hybridized carbons (Fsp3) is 0.375. The van der Waals surface area contributed by atoms with Gasteiger partial charge in [-0.3, -0.25) is 14.4 Å². The van der Waals surface area contributed by atoms with E-state index in [2.05, 4.69) is 42.1 Å². The van der Waals surface area contributed by atoms with Crippen LogP contribution in [0.4, 0.5) is 11.4 Å². The molecule has 0 saturated carbocycles. The molecule has 1 aliphatic rings. The molecule has 2 aromatic carbocycles. The standard InChI is InChI=1S/C24H29BIN2O7P/c1-32-7-8-34-14-23(30)28-16-4-6-18-17-5-3-15(27-22(29)13-33-2)9-19(17)21(20(18)10-16)12-35-24(31)11-25(26)36/h3-6,9-10,21H,7-8,11-14,36H2,1-2H3,(H,27,29)(H,28,30). The molecule has 0 aliphatic heterocycles. The van der Waals surface area contributed by atoms with Crippen molar-refractivity contribution in [3.8, 4) is 11.1 Å². The lowest BCUT2D eigenvalue weighted by atomic mass is 9.97. The molecule has 3 rings (SSSR count). The van der Waals surface area contributed by atoms with Crippen molar-refractivity contribution >= 4 is 64.9 Å². The van der Waals surface area contributed by atoms with E-state index >= 15 is 0 Å². The van der Waals surface area contributed by atoms with Gasteiger partial charge in [0.25, 0.3) is 10.3 Å². The number of benzene rings is 2. The summed E-state index contributed by atoms with van der Waals surface area (Å²) in [5.74, 6) is -1.09. The summed E-state index contributed by atoms with van der Waals surface area (Å²) in [5, 5.41) is 5.67. The smallest absolute Gasteiger partial charge is 0.299 e. The topological polar surface area (TPSA) is 112 Å². The number of hydrogen-bond acceptors (Lipinski definition) is 7. The Kier molecular flexibility index (Phi) is 11.1. The number of esters is 1. The van der Waals surface area contributed by atoms with Gasteiger partial charge in [-0.1, -0.05) is 12.1 Å². The van der Waals surface area contributed by atoms with E-state index in [1.54, 1.807) is 7.11 Å². The highest BCUT2D eigenvalue weighted by Crippen LogP contribution is 2.46. The first kappa shape index (κ1) is 28.5. The average molecular weight is 626 g/mol. The lowest BCUT2D eigenvalue weighted by molar-refractivity contribution is -0.141. The number of nitrogens with one attached hydrogen (secondary N) is 2. The van der Waals surface area contributed by atoms with Crippen molar-refractivity contribution in [2.45, 2.75) is 12.2 Å². The Hall–Kier alpha value is -2.05. The molecule has 12 heteroatoms. The number of rotatable bonds is 13. The van der Waals surface area contributed by atoms with Crippen molar-refractivity contribution in [3.63, 3.8) is 0 Å². The van der Waals surface area contributed by atoms with Crippen LogP contribution in [0.2, 0.25) is 6.32 Å². The molecule has 36 heavy (non-hydrogen) atoms. The Labute approximate surface area is 226 Å². The van der Waals surface area contributed by atoms with E-state index in [1.165, 1.54) is 7.11 Å². The van der Waals surface area contributed by atoms with Crippen molar-refractivity contribution in [1.82, 2.24) is 0 Å². The number of halogens is 1. The molecule has 0 heterocycles. The van der Waals surface area contributed by atoms with E-state index in [9.17, 15) is 14.4 Å². The minimum Gasteiger partial charge on any atom is -0.465 e. The Morgan fingerprint density at radius 3 is 2.03 bits per heavy atom. The molecule has 0 aromatic heterocycles. The number of amides is 2. The molecule has 0 saturated heterocycles. The van der Waals surface area contributed by atoms with Crippen LogP contribution in [0.25, 0.3) is 11.1 Å². The van der Waals surface area contributed by atoms with Crippen LogP contribution in [0.5, 0.6) is 0 Å². The fourth-order valence-electron chi connectivity index (χ4n) is 3.92. The first-order valence-electron chi connectivity index (χ1n) is 11.3. The summed E-state index contributed by atoms with van der Waals surface area (Å²) in [6.45, 7) is 0.740. The fourth-order valence-corrected chi connectivity index (χ4v) is 4.47. The van der Waals surface area contributed by atoms with Crippen molar-refractivity contribution in [2.24, 2.45) is 0 Å². The summed E-state index contributed by atoms with van der Waals surface area (Å²) >= 11 is 2.15. The molecule has 2 unspecified atom stereocenters. The zero-order valence-corrected chi connectivity index (χ0v) is 23.5. The van der Waals surface area contributed by atoms with E-state index in [1.807, 2.05) is 36.4 Å². The third kappa shape index (κ3) is 7.98. The number of carbonyl (C=O) groups excluding carboxylic acids is 3. The van der Waals surface area contributed by atoms with Crippen LogP contribution in [-0.4, -0.2) is 69.3 Å². The molecule has 0 fully saturated rings. The van der Waals surface area contributed by atoms with Gasteiger partial charge < -0.3 is 29.6 Å². The van der Waals surface area contributed by atoms with Gasteiger partial charge in [0.1, 0.15) is 19.8 Å². The molecule has 2 amide bonds. The van der Waals surface area contributed by atoms with Gasteiger partial charge in [-0.05, 0) is 46.5 Å². The third-order valence-electron chi connectivity index (χ3n) is 5.42. The molecule has 9 nitrogen and oxygen atoms in total. The summed E-state index contributed by atoms with van der Waals surface area (Å²) in [4.78, 5) is 36.6. The summed E-state index contributed by atoms with van der Waals surface area (Å²) in [6.07, 6.45) is 0.282. The Morgan fingerprint density at radius 1 is 0.917 bits per heavy atom. The quantitative estimate of drug-likeness (QED) is 0.115. The van der Waals surface area contributed by atoms with Crippen LogP contribution >= 0.6 is 31.5 Å². The number of anilines is 2. The number of methoxy groups -OCH3 is 2. The van der Waals surface area contributed by atoms with Crippen molar-refractivity contribution in [1.29, 1.82) is 0 Å². The van der Waals surface area contributed by atoms with E-state index in [0.717, 1.165) is 22.3 Å². The second-order valence-electron chi connectivity index (χ2n) is 8.13. The van der Waals surface area contributed by atoms with E-state index in [4.69, 9.17) is 18.9 Å². The number of carbonyl (C=O) groups is 3. The zero-order chi connectivity index (χ0) is 26.1. The van der Waals surface area contributed by atoms with Gasteiger partial charge >= 0.3 is 0 Å². The molecule has 1 aliphatic carbocycles. The first-order valence-corrected chi connectivity index (χ1v) is 13.2. The summed E-state index contributed by atoms with van der Waals surface area (Å²) in [5.41, 5.74) is 5.05. The van der Waals surface area contributed by atoms with E-state index in [0.29, 0.717) is 24.6 Å². The largest absolute Gasteiger partial charge is 0.465 e. The van der Waals surface area contributed by atoms with Crippen molar-refractivity contribution in [3.05, 3.63) is 47.5 Å². The number of fused-ring (bicyclic) bond motifs is 3. The maximum absolute atomic E-state index is 12.3. The second kappa shape index (κ2) is 14.0. The highest BCUT2D eigenvalue weighted by Gasteiger charge is 2.31. The maximum Gasteiger partial charge on any atom is 0.299 e. The van der Waals surface area contributed by atoms with Gasteiger partial charge in [-0.2, -0.15) is 9.12 Å². The molecule has 2 aromatic rings. The van der Waals surface area contributed by atoms with Gasteiger partial charge in [0, 0.05) is 37.8 Å². The second-order valence-corrected chi connectivity index (χ2v) is 11.9. The Balaban J connectivity index is 1.83. The highest BCUT2D eigenvalue weighted by atomic mass is 127.